The van der Waals surface area contributed by atoms with Gasteiger partial charge in [0.05, 0.1) is 0 Å². The van der Waals surface area contributed by atoms with Crippen molar-refractivity contribution in [2.45, 2.75) is 59.0 Å². The molecule has 0 aliphatic rings. The highest BCUT2D eigenvalue weighted by atomic mass is 28.4. The Morgan fingerprint density at radius 1 is 1.12 bits per heavy atom. The van der Waals surface area contributed by atoms with Gasteiger partial charge in [-0.25, -0.2) is 0 Å². The molecule has 1 atom stereocenters. The summed E-state index contributed by atoms with van der Waals surface area (Å²) < 4.78 is 12.0. The minimum Gasteiger partial charge on any atom is -0.394 e. The number of aliphatic imine (C=N–C) groups is 1. The molecule has 0 spiro atoms. The highest BCUT2D eigenvalue weighted by Crippen LogP contribution is 2.32. The first-order valence-electron chi connectivity index (χ1n) is 6.86. The Morgan fingerprint density at radius 2 is 1.71 bits per heavy atom. The van der Waals surface area contributed by atoms with E-state index in [1.807, 2.05) is 13.1 Å². The number of hydrogen-bond donors (Lipinski definition) is 0. The minimum atomic E-state index is -2.02. The molecule has 0 saturated heterocycles. The molecule has 0 bridgehead atoms. The first-order chi connectivity index (χ1) is 8.14. The van der Waals surface area contributed by atoms with Crippen molar-refractivity contribution in [3.05, 3.63) is 0 Å². The SMILES string of the molecule is CC=NCCC(CCC)[Si](C)(OCC)OCC. The van der Waals surface area contributed by atoms with E-state index in [0.29, 0.717) is 5.54 Å². The number of rotatable bonds is 10. The van der Waals surface area contributed by atoms with Crippen LogP contribution in [0.5, 0.6) is 0 Å². The van der Waals surface area contributed by atoms with Gasteiger partial charge in [-0.2, -0.15) is 0 Å². The van der Waals surface area contributed by atoms with E-state index in [0.717, 1.165) is 26.2 Å². The van der Waals surface area contributed by atoms with Gasteiger partial charge >= 0.3 is 8.56 Å². The fourth-order valence-corrected chi connectivity index (χ4v) is 5.39. The molecule has 0 radical (unpaired) electrons. The molecule has 0 aliphatic carbocycles. The van der Waals surface area contributed by atoms with Crippen molar-refractivity contribution in [2.24, 2.45) is 4.99 Å². The fourth-order valence-electron chi connectivity index (χ4n) is 2.23. The predicted molar refractivity (Wildman–Crippen MR) is 77.2 cm³/mol. The van der Waals surface area contributed by atoms with E-state index >= 15 is 0 Å². The normalized spacial score (nSPS) is 14.4. The van der Waals surface area contributed by atoms with Crippen LogP contribution in [0.1, 0.15) is 47.0 Å². The summed E-state index contributed by atoms with van der Waals surface area (Å²) >= 11 is 0. The molecule has 0 N–H and O–H groups in total. The maximum Gasteiger partial charge on any atom is 0.338 e. The zero-order valence-corrected chi connectivity index (χ0v) is 13.2. The van der Waals surface area contributed by atoms with E-state index in [-0.39, 0.29) is 0 Å². The van der Waals surface area contributed by atoms with Gasteiger partial charge in [-0.05, 0) is 46.4 Å². The van der Waals surface area contributed by atoms with Gasteiger partial charge in [-0.15, -0.1) is 0 Å². The summed E-state index contributed by atoms with van der Waals surface area (Å²) in [5.74, 6) is 0. The molecule has 0 aromatic carbocycles. The van der Waals surface area contributed by atoms with Crippen LogP contribution in [0.4, 0.5) is 0 Å². The molecule has 0 aliphatic heterocycles. The number of hydrogen-bond acceptors (Lipinski definition) is 3. The van der Waals surface area contributed by atoms with Gasteiger partial charge in [0.1, 0.15) is 0 Å². The second kappa shape index (κ2) is 9.80. The monoisotopic (exact) mass is 259 g/mol. The molecule has 4 heteroatoms. The first-order valence-corrected chi connectivity index (χ1v) is 9.26. The van der Waals surface area contributed by atoms with Crippen molar-refractivity contribution in [2.75, 3.05) is 19.8 Å². The van der Waals surface area contributed by atoms with Crippen LogP contribution < -0.4 is 0 Å². The third-order valence-electron chi connectivity index (χ3n) is 3.03. The van der Waals surface area contributed by atoms with Crippen LogP contribution in [0.2, 0.25) is 12.1 Å². The standard InChI is InChI=1S/C13H29NO2Si/c1-6-10-13(11-12-14-7-2)17(5,15-8-3)16-9-4/h7,13H,6,8-12H2,1-5H3. The Hall–Kier alpha value is -0.193. The summed E-state index contributed by atoms with van der Waals surface area (Å²) in [5, 5.41) is 0. The van der Waals surface area contributed by atoms with E-state index < -0.39 is 8.56 Å². The number of nitrogens with zero attached hydrogens (tertiary/aromatic N) is 1. The van der Waals surface area contributed by atoms with Crippen molar-refractivity contribution in [1.82, 2.24) is 0 Å². The van der Waals surface area contributed by atoms with Crippen molar-refractivity contribution in [1.29, 1.82) is 0 Å². The maximum atomic E-state index is 5.98. The third-order valence-corrected chi connectivity index (χ3v) is 6.81. The molecule has 17 heavy (non-hydrogen) atoms. The van der Waals surface area contributed by atoms with E-state index in [2.05, 4.69) is 32.3 Å². The van der Waals surface area contributed by atoms with Crippen molar-refractivity contribution in [3.8, 4) is 0 Å². The molecule has 0 fully saturated rings. The van der Waals surface area contributed by atoms with Gasteiger partial charge in [0.25, 0.3) is 0 Å². The highest BCUT2D eigenvalue weighted by Gasteiger charge is 2.39. The van der Waals surface area contributed by atoms with Gasteiger partial charge in [0.15, 0.2) is 0 Å². The topological polar surface area (TPSA) is 30.8 Å². The third kappa shape index (κ3) is 6.34. The second-order valence-corrected chi connectivity index (χ2v) is 7.75. The van der Waals surface area contributed by atoms with Gasteiger partial charge in [-0.1, -0.05) is 13.3 Å². The summed E-state index contributed by atoms with van der Waals surface area (Å²) in [6.45, 7) is 12.9. The summed E-state index contributed by atoms with van der Waals surface area (Å²) in [6, 6.07) is 0. The Morgan fingerprint density at radius 3 is 2.12 bits per heavy atom. The Bertz CT molecular complexity index is 204. The molecule has 0 saturated carbocycles. The minimum absolute atomic E-state index is 0.552. The molecule has 0 amide bonds. The van der Waals surface area contributed by atoms with Crippen LogP contribution in [-0.4, -0.2) is 34.5 Å². The van der Waals surface area contributed by atoms with Gasteiger partial charge in [0, 0.05) is 25.3 Å². The Labute approximate surface area is 108 Å². The van der Waals surface area contributed by atoms with Crippen LogP contribution in [0, 0.1) is 0 Å². The molecule has 0 aromatic heterocycles. The second-order valence-electron chi connectivity index (χ2n) is 4.32. The average molecular weight is 259 g/mol. The molecule has 102 valence electrons. The smallest absolute Gasteiger partial charge is 0.338 e. The summed E-state index contributed by atoms with van der Waals surface area (Å²) in [5.41, 5.74) is 0.552. The predicted octanol–water partition coefficient (Wildman–Crippen LogP) is 3.78. The zero-order valence-electron chi connectivity index (χ0n) is 12.2. The van der Waals surface area contributed by atoms with Crippen LogP contribution in [0.3, 0.4) is 0 Å². The lowest BCUT2D eigenvalue weighted by Crippen LogP contribution is -2.44. The van der Waals surface area contributed by atoms with Crippen LogP contribution in [-0.2, 0) is 8.85 Å². The summed E-state index contributed by atoms with van der Waals surface area (Å²) in [7, 11) is -2.02. The van der Waals surface area contributed by atoms with E-state index in [1.165, 1.54) is 12.8 Å². The quantitative estimate of drug-likeness (QED) is 0.441. The largest absolute Gasteiger partial charge is 0.394 e. The molecule has 0 heterocycles. The summed E-state index contributed by atoms with van der Waals surface area (Å²) in [6.07, 6.45) is 5.33. The Kier molecular flexibility index (Phi) is 9.69. The lowest BCUT2D eigenvalue weighted by atomic mass is 10.2. The average Bonchev–Trinajstić information content (AvgIpc) is 2.29. The van der Waals surface area contributed by atoms with E-state index in [4.69, 9.17) is 8.85 Å². The van der Waals surface area contributed by atoms with Gasteiger partial charge < -0.3 is 8.85 Å². The van der Waals surface area contributed by atoms with Crippen LogP contribution in [0.25, 0.3) is 0 Å². The fraction of sp³-hybridized carbons (Fsp3) is 0.923. The van der Waals surface area contributed by atoms with Crippen molar-refractivity contribution < 1.29 is 8.85 Å². The zero-order chi connectivity index (χ0) is 13.1. The van der Waals surface area contributed by atoms with E-state index in [1.54, 1.807) is 0 Å². The van der Waals surface area contributed by atoms with Crippen molar-refractivity contribution in [3.63, 3.8) is 0 Å². The first kappa shape index (κ1) is 16.8. The molecular formula is C13H29NO2Si. The molecule has 0 rings (SSSR count). The molecule has 0 aromatic rings. The van der Waals surface area contributed by atoms with Crippen LogP contribution >= 0.6 is 0 Å². The molecule has 3 nitrogen and oxygen atoms in total. The highest BCUT2D eigenvalue weighted by molar-refractivity contribution is 6.67. The van der Waals surface area contributed by atoms with Gasteiger partial charge in [-0.3, -0.25) is 4.99 Å². The summed E-state index contributed by atoms with van der Waals surface area (Å²) in [4.78, 5) is 4.31. The van der Waals surface area contributed by atoms with Crippen LogP contribution in [0.15, 0.2) is 4.99 Å². The van der Waals surface area contributed by atoms with Crippen molar-refractivity contribution >= 4 is 14.8 Å². The molecular weight excluding hydrogens is 230 g/mol. The lowest BCUT2D eigenvalue weighted by molar-refractivity contribution is 0.175. The Balaban J connectivity index is 4.56. The lowest BCUT2D eigenvalue weighted by Gasteiger charge is -2.33. The van der Waals surface area contributed by atoms with E-state index in [9.17, 15) is 0 Å². The van der Waals surface area contributed by atoms with Gasteiger partial charge in [0.2, 0.25) is 0 Å². The molecule has 1 unspecified atom stereocenters. The maximum absolute atomic E-state index is 5.98.